The molecule has 1 aromatic rings. The number of aromatic nitrogens is 1. The van der Waals surface area contributed by atoms with E-state index in [9.17, 15) is 8.42 Å². The molecule has 2 rings (SSSR count). The van der Waals surface area contributed by atoms with Gasteiger partial charge in [0.15, 0.2) is 0 Å². The van der Waals surface area contributed by atoms with Crippen LogP contribution in [0.25, 0.3) is 0 Å². The maximum atomic E-state index is 12.5. The number of nitrogens with two attached hydrogens (primary N) is 1. The van der Waals surface area contributed by atoms with Crippen molar-refractivity contribution in [3.63, 3.8) is 0 Å². The number of hydrogen-bond donors (Lipinski definition) is 1. The van der Waals surface area contributed by atoms with Crippen molar-refractivity contribution in [2.24, 2.45) is 5.73 Å². The van der Waals surface area contributed by atoms with E-state index in [2.05, 4.69) is 4.98 Å². The van der Waals surface area contributed by atoms with Gasteiger partial charge in [-0.2, -0.15) is 4.31 Å². The van der Waals surface area contributed by atoms with Crippen molar-refractivity contribution in [1.82, 2.24) is 9.29 Å². The summed E-state index contributed by atoms with van der Waals surface area (Å²) in [4.78, 5) is 4.08. The molecule has 1 aromatic heterocycles. The van der Waals surface area contributed by atoms with E-state index in [1.54, 1.807) is 6.07 Å². The third kappa shape index (κ3) is 2.52. The van der Waals surface area contributed by atoms with Crippen molar-refractivity contribution in [2.45, 2.75) is 24.2 Å². The van der Waals surface area contributed by atoms with E-state index in [1.165, 1.54) is 16.6 Å². The number of sulfonamides is 1. The summed E-state index contributed by atoms with van der Waals surface area (Å²) in [5, 5.41) is 0. The Morgan fingerprint density at radius 1 is 1.33 bits per heavy atom. The van der Waals surface area contributed by atoms with Crippen LogP contribution in [0.3, 0.4) is 0 Å². The lowest BCUT2D eigenvalue weighted by molar-refractivity contribution is 0.346. The lowest BCUT2D eigenvalue weighted by Gasteiger charge is -2.26. The molecule has 1 fully saturated rings. The van der Waals surface area contributed by atoms with Gasteiger partial charge in [-0.05, 0) is 25.0 Å². The minimum Gasteiger partial charge on any atom is -0.388 e. The molecule has 1 aliphatic rings. The minimum atomic E-state index is -3.53. The molecular weight excluding hydrogens is 270 g/mol. The maximum absolute atomic E-state index is 12.5. The smallest absolute Gasteiger partial charge is 0.245 e. The highest BCUT2D eigenvalue weighted by Crippen LogP contribution is 2.22. The molecule has 0 atom stereocenters. The van der Waals surface area contributed by atoms with Gasteiger partial charge in [-0.3, -0.25) is 4.98 Å². The SMILES string of the molecule is NC(=S)c1ncccc1S(=O)(=O)N1CCCCC1. The maximum Gasteiger partial charge on any atom is 0.245 e. The van der Waals surface area contributed by atoms with Crippen LogP contribution in [-0.2, 0) is 10.0 Å². The third-order valence-corrected chi connectivity index (χ3v) is 5.06. The van der Waals surface area contributed by atoms with Gasteiger partial charge in [0, 0.05) is 19.3 Å². The van der Waals surface area contributed by atoms with Gasteiger partial charge in [0.05, 0.1) is 0 Å². The minimum absolute atomic E-state index is 0.00573. The van der Waals surface area contributed by atoms with E-state index in [0.29, 0.717) is 13.1 Å². The molecule has 0 spiro atoms. The molecule has 1 aliphatic heterocycles. The van der Waals surface area contributed by atoms with Crippen molar-refractivity contribution >= 4 is 27.2 Å². The number of nitrogens with zero attached hydrogens (tertiary/aromatic N) is 2. The Labute approximate surface area is 112 Å². The van der Waals surface area contributed by atoms with E-state index in [0.717, 1.165) is 19.3 Å². The molecule has 0 aliphatic carbocycles. The first kappa shape index (κ1) is 13.4. The molecule has 5 nitrogen and oxygen atoms in total. The number of pyridine rings is 1. The summed E-state index contributed by atoms with van der Waals surface area (Å²) >= 11 is 4.85. The van der Waals surface area contributed by atoms with Crippen LogP contribution in [0.5, 0.6) is 0 Å². The second-order valence-corrected chi connectivity index (χ2v) is 6.53. The number of thiocarbonyl (C=S) groups is 1. The van der Waals surface area contributed by atoms with Gasteiger partial charge < -0.3 is 5.73 Å². The summed E-state index contributed by atoms with van der Waals surface area (Å²) in [7, 11) is -3.53. The summed E-state index contributed by atoms with van der Waals surface area (Å²) < 4.78 is 26.4. The molecule has 0 amide bonds. The van der Waals surface area contributed by atoms with E-state index < -0.39 is 10.0 Å². The van der Waals surface area contributed by atoms with Gasteiger partial charge in [-0.1, -0.05) is 18.6 Å². The van der Waals surface area contributed by atoms with Crippen LogP contribution >= 0.6 is 12.2 Å². The van der Waals surface area contributed by atoms with Crippen LogP contribution in [0, 0.1) is 0 Å². The average Bonchev–Trinajstić information content (AvgIpc) is 2.39. The van der Waals surface area contributed by atoms with Crippen molar-refractivity contribution in [2.75, 3.05) is 13.1 Å². The first-order valence-corrected chi connectivity index (χ1v) is 7.63. The third-order valence-electron chi connectivity index (χ3n) is 2.94. The zero-order valence-electron chi connectivity index (χ0n) is 9.87. The van der Waals surface area contributed by atoms with Gasteiger partial charge in [0.1, 0.15) is 15.6 Å². The Bertz CT molecular complexity index is 551. The first-order chi connectivity index (χ1) is 8.53. The molecule has 7 heteroatoms. The highest BCUT2D eigenvalue weighted by molar-refractivity contribution is 7.89. The Morgan fingerprint density at radius 3 is 2.61 bits per heavy atom. The fourth-order valence-corrected chi connectivity index (χ4v) is 3.93. The zero-order valence-corrected chi connectivity index (χ0v) is 11.5. The summed E-state index contributed by atoms with van der Waals surface area (Å²) in [5.74, 6) is 0. The molecular formula is C11H15N3O2S2. The van der Waals surface area contributed by atoms with Gasteiger partial charge in [-0.15, -0.1) is 0 Å². The van der Waals surface area contributed by atoms with Crippen molar-refractivity contribution < 1.29 is 8.42 Å². The topological polar surface area (TPSA) is 76.3 Å². The van der Waals surface area contributed by atoms with Crippen LogP contribution in [-0.4, -0.2) is 35.8 Å². The molecule has 98 valence electrons. The highest BCUT2D eigenvalue weighted by atomic mass is 32.2. The van der Waals surface area contributed by atoms with E-state index >= 15 is 0 Å². The normalized spacial score (nSPS) is 17.6. The fraction of sp³-hybridized carbons (Fsp3) is 0.455. The molecule has 0 aromatic carbocycles. The zero-order chi connectivity index (χ0) is 13.2. The van der Waals surface area contributed by atoms with Gasteiger partial charge in [0.2, 0.25) is 10.0 Å². The van der Waals surface area contributed by atoms with Crippen LogP contribution < -0.4 is 5.73 Å². The summed E-state index contributed by atoms with van der Waals surface area (Å²) in [5.41, 5.74) is 5.71. The standard InChI is InChI=1S/C11H15N3O2S2/c12-11(17)10-9(5-4-6-13-10)18(15,16)14-7-2-1-3-8-14/h4-6H,1-3,7-8H2,(H2,12,17). The average molecular weight is 285 g/mol. The van der Waals surface area contributed by atoms with Gasteiger partial charge in [0.25, 0.3) is 0 Å². The van der Waals surface area contributed by atoms with Gasteiger partial charge >= 0.3 is 0 Å². The monoisotopic (exact) mass is 285 g/mol. The number of rotatable bonds is 3. The van der Waals surface area contributed by atoms with Crippen molar-refractivity contribution in [3.05, 3.63) is 24.0 Å². The van der Waals surface area contributed by atoms with Crippen molar-refractivity contribution in [3.8, 4) is 0 Å². The Morgan fingerprint density at radius 2 is 2.00 bits per heavy atom. The lowest BCUT2D eigenvalue weighted by atomic mass is 10.2. The predicted octanol–water partition coefficient (Wildman–Crippen LogP) is 0.890. The summed E-state index contributed by atoms with van der Waals surface area (Å²) in [6.07, 6.45) is 4.34. The molecule has 1 saturated heterocycles. The van der Waals surface area contributed by atoms with E-state index in [-0.39, 0.29) is 15.6 Å². The Hall–Kier alpha value is -1.05. The van der Waals surface area contributed by atoms with Crippen LogP contribution in [0.1, 0.15) is 25.0 Å². The van der Waals surface area contributed by atoms with Crippen LogP contribution in [0.2, 0.25) is 0 Å². The molecule has 2 heterocycles. The molecule has 0 saturated carbocycles. The van der Waals surface area contributed by atoms with E-state index in [4.69, 9.17) is 18.0 Å². The molecule has 0 radical (unpaired) electrons. The van der Waals surface area contributed by atoms with E-state index in [1.807, 2.05) is 0 Å². The highest BCUT2D eigenvalue weighted by Gasteiger charge is 2.29. The lowest BCUT2D eigenvalue weighted by Crippen LogP contribution is -2.36. The Kier molecular flexibility index (Phi) is 3.94. The Balaban J connectivity index is 2.43. The fourth-order valence-electron chi connectivity index (χ4n) is 2.03. The van der Waals surface area contributed by atoms with Gasteiger partial charge in [-0.25, -0.2) is 8.42 Å². The predicted molar refractivity (Wildman–Crippen MR) is 72.7 cm³/mol. The molecule has 18 heavy (non-hydrogen) atoms. The quantitative estimate of drug-likeness (QED) is 0.835. The molecule has 2 N–H and O–H groups in total. The molecule has 0 unspecified atom stereocenters. The largest absolute Gasteiger partial charge is 0.388 e. The number of piperidine rings is 1. The van der Waals surface area contributed by atoms with Crippen LogP contribution in [0.4, 0.5) is 0 Å². The second kappa shape index (κ2) is 5.29. The summed E-state index contributed by atoms with van der Waals surface area (Å²) in [6.45, 7) is 1.10. The summed E-state index contributed by atoms with van der Waals surface area (Å²) in [6, 6.07) is 3.09. The molecule has 0 bridgehead atoms. The van der Waals surface area contributed by atoms with Crippen LogP contribution in [0.15, 0.2) is 23.2 Å². The second-order valence-electron chi connectivity index (χ2n) is 4.18. The number of hydrogen-bond acceptors (Lipinski definition) is 4. The first-order valence-electron chi connectivity index (χ1n) is 5.78. The van der Waals surface area contributed by atoms with Crippen molar-refractivity contribution in [1.29, 1.82) is 0 Å².